The third-order valence-corrected chi connectivity index (χ3v) is 5.82. The minimum absolute atomic E-state index is 0.291. The van der Waals surface area contributed by atoms with Crippen molar-refractivity contribution in [2.75, 3.05) is 33.2 Å². The lowest BCUT2D eigenvalue weighted by Crippen LogP contribution is -2.55. The van der Waals surface area contributed by atoms with Crippen molar-refractivity contribution in [3.63, 3.8) is 0 Å². The quantitative estimate of drug-likeness (QED) is 0.773. The summed E-state index contributed by atoms with van der Waals surface area (Å²) in [7, 11) is -2.08. The van der Waals surface area contributed by atoms with Crippen molar-refractivity contribution in [3.05, 3.63) is 41.3 Å². The highest BCUT2D eigenvalue weighted by molar-refractivity contribution is 7.92. The maximum absolute atomic E-state index is 12.4. The first kappa shape index (κ1) is 20.1. The molecule has 0 aromatic heterocycles. The van der Waals surface area contributed by atoms with Gasteiger partial charge in [0.15, 0.2) is 0 Å². The van der Waals surface area contributed by atoms with Gasteiger partial charge in [0.2, 0.25) is 15.9 Å². The highest BCUT2D eigenvalue weighted by Gasteiger charge is 2.30. The Labute approximate surface area is 153 Å². The number of sulfonamides is 1. The van der Waals surface area contributed by atoms with E-state index >= 15 is 0 Å². The van der Waals surface area contributed by atoms with Crippen molar-refractivity contribution >= 4 is 28.0 Å². The van der Waals surface area contributed by atoms with Gasteiger partial charge in [-0.2, -0.15) is 4.31 Å². The van der Waals surface area contributed by atoms with Crippen molar-refractivity contribution < 1.29 is 18.0 Å². The Morgan fingerprint density at radius 1 is 1.12 bits per heavy atom. The molecular weight excluding hydrogens is 356 g/mol. The van der Waals surface area contributed by atoms with Crippen molar-refractivity contribution in [2.24, 2.45) is 0 Å². The van der Waals surface area contributed by atoms with Gasteiger partial charge in [0.25, 0.3) is 0 Å². The van der Waals surface area contributed by atoms with Crippen LogP contribution in [0, 0.1) is 0 Å². The molecule has 1 heterocycles. The average molecular weight is 380 g/mol. The Morgan fingerprint density at radius 2 is 1.73 bits per heavy atom. The number of carbonyl (C=O) groups is 2. The molecule has 9 heteroatoms. The molecule has 1 aromatic carbocycles. The maximum atomic E-state index is 12.4. The second kappa shape index (κ2) is 8.93. The van der Waals surface area contributed by atoms with Crippen LogP contribution in [0.2, 0.25) is 0 Å². The number of piperazine rings is 1. The van der Waals surface area contributed by atoms with E-state index in [9.17, 15) is 18.0 Å². The highest BCUT2D eigenvalue weighted by atomic mass is 32.2. The van der Waals surface area contributed by atoms with Gasteiger partial charge in [0.1, 0.15) is 0 Å². The number of amides is 3. The second-order valence-electron chi connectivity index (χ2n) is 5.94. The van der Waals surface area contributed by atoms with Crippen LogP contribution in [0.5, 0.6) is 0 Å². The first-order valence-corrected chi connectivity index (χ1v) is 9.83. The summed E-state index contributed by atoms with van der Waals surface area (Å²) in [4.78, 5) is 25.1. The summed E-state index contributed by atoms with van der Waals surface area (Å²) in [6.07, 6.45) is 1.57. The van der Waals surface area contributed by atoms with Gasteiger partial charge in [0, 0.05) is 38.6 Å². The Hall–Kier alpha value is -2.23. The summed E-state index contributed by atoms with van der Waals surface area (Å²) < 4.78 is 26.3. The van der Waals surface area contributed by atoms with Crippen LogP contribution in [0.4, 0.5) is 4.79 Å². The van der Waals surface area contributed by atoms with E-state index in [1.807, 2.05) is 35.2 Å². The van der Waals surface area contributed by atoms with Crippen LogP contribution >= 0.6 is 0 Å². The second-order valence-corrected chi connectivity index (χ2v) is 7.76. The molecule has 26 heavy (non-hydrogen) atoms. The first-order chi connectivity index (χ1) is 12.3. The van der Waals surface area contributed by atoms with Crippen molar-refractivity contribution in [2.45, 2.75) is 13.0 Å². The topological polar surface area (TPSA) is 98.8 Å². The molecule has 0 saturated carbocycles. The number of imide groups is 1. The molecule has 1 saturated heterocycles. The molecule has 1 aromatic rings. The lowest BCUT2D eigenvalue weighted by atomic mass is 10.2. The van der Waals surface area contributed by atoms with Crippen LogP contribution in [0.25, 0.3) is 6.08 Å². The van der Waals surface area contributed by atoms with E-state index in [1.165, 1.54) is 16.8 Å². The number of hydrogen-bond acceptors (Lipinski definition) is 5. The molecule has 8 nitrogen and oxygen atoms in total. The van der Waals surface area contributed by atoms with E-state index in [0.29, 0.717) is 26.2 Å². The van der Waals surface area contributed by atoms with Crippen LogP contribution in [0.15, 0.2) is 35.7 Å². The fraction of sp³-hybridized carbons (Fsp3) is 0.412. The molecule has 3 amide bonds. The van der Waals surface area contributed by atoms with Gasteiger partial charge < -0.3 is 5.32 Å². The Morgan fingerprint density at radius 3 is 2.31 bits per heavy atom. The Kier molecular flexibility index (Phi) is 6.90. The maximum Gasteiger partial charge on any atom is 0.321 e. The summed E-state index contributed by atoms with van der Waals surface area (Å²) in [5.74, 6) is -0.412. The molecule has 142 valence electrons. The number of nitrogens with zero attached hydrogens (tertiary/aromatic N) is 2. The average Bonchev–Trinajstić information content (AvgIpc) is 2.66. The van der Waals surface area contributed by atoms with Crippen LogP contribution in [0.1, 0.15) is 12.5 Å². The molecule has 1 atom stereocenters. The fourth-order valence-electron chi connectivity index (χ4n) is 2.60. The van der Waals surface area contributed by atoms with Crippen LogP contribution in [-0.2, 0) is 14.8 Å². The molecule has 1 aliphatic heterocycles. The third-order valence-electron chi connectivity index (χ3n) is 4.26. The van der Waals surface area contributed by atoms with Crippen LogP contribution in [0.3, 0.4) is 0 Å². The molecule has 0 unspecified atom stereocenters. The van der Waals surface area contributed by atoms with Crippen LogP contribution < -0.4 is 10.6 Å². The zero-order chi connectivity index (χ0) is 19.2. The summed E-state index contributed by atoms with van der Waals surface area (Å²) in [6.45, 7) is 3.11. The predicted molar refractivity (Wildman–Crippen MR) is 99.6 cm³/mol. The van der Waals surface area contributed by atoms with Gasteiger partial charge in [-0.05, 0) is 18.6 Å². The molecule has 0 aliphatic carbocycles. The summed E-state index contributed by atoms with van der Waals surface area (Å²) >= 11 is 0. The van der Waals surface area contributed by atoms with Gasteiger partial charge in [0.05, 0.1) is 6.04 Å². The minimum Gasteiger partial charge on any atom is -0.341 e. The number of urea groups is 1. The molecule has 0 bridgehead atoms. The van der Waals surface area contributed by atoms with Gasteiger partial charge in [-0.3, -0.25) is 15.0 Å². The van der Waals surface area contributed by atoms with E-state index in [1.54, 1.807) is 13.0 Å². The smallest absolute Gasteiger partial charge is 0.321 e. The van der Waals surface area contributed by atoms with E-state index in [0.717, 1.165) is 5.56 Å². The number of nitrogens with one attached hydrogen (secondary N) is 2. The molecule has 0 radical (unpaired) electrons. The Balaban J connectivity index is 1.91. The van der Waals surface area contributed by atoms with Crippen LogP contribution in [-0.4, -0.2) is 68.8 Å². The largest absolute Gasteiger partial charge is 0.341 e. The van der Waals surface area contributed by atoms with Crippen molar-refractivity contribution in [3.8, 4) is 0 Å². The summed E-state index contributed by atoms with van der Waals surface area (Å²) in [5.41, 5.74) is 0.814. The van der Waals surface area contributed by atoms with E-state index in [2.05, 4.69) is 10.6 Å². The minimum atomic E-state index is -3.51. The molecule has 1 fully saturated rings. The molecule has 0 spiro atoms. The number of benzene rings is 1. The first-order valence-electron chi connectivity index (χ1n) is 8.33. The SMILES string of the molecule is CNC(=O)NC(=O)[C@@H](C)N1CCN(S(=O)(=O)/C=C/c2ccccc2)CC1. The van der Waals surface area contributed by atoms with Crippen molar-refractivity contribution in [1.82, 2.24) is 19.8 Å². The number of hydrogen-bond donors (Lipinski definition) is 2. The summed E-state index contributed by atoms with van der Waals surface area (Å²) in [6, 6.07) is 8.14. The fourth-order valence-corrected chi connectivity index (χ4v) is 3.78. The van der Waals surface area contributed by atoms with E-state index < -0.39 is 28.0 Å². The highest BCUT2D eigenvalue weighted by Crippen LogP contribution is 2.13. The lowest BCUT2D eigenvalue weighted by molar-refractivity contribution is -0.125. The zero-order valence-corrected chi connectivity index (χ0v) is 15.7. The molecule has 2 rings (SSSR count). The molecular formula is C17H24N4O4S. The van der Waals surface area contributed by atoms with E-state index in [-0.39, 0.29) is 0 Å². The zero-order valence-electron chi connectivity index (χ0n) is 14.9. The lowest BCUT2D eigenvalue weighted by Gasteiger charge is -2.36. The van der Waals surface area contributed by atoms with Gasteiger partial charge in [-0.25, -0.2) is 13.2 Å². The predicted octanol–water partition coefficient (Wildman–Crippen LogP) is 0.449. The van der Waals surface area contributed by atoms with E-state index in [4.69, 9.17) is 0 Å². The van der Waals surface area contributed by atoms with Gasteiger partial charge in [-0.1, -0.05) is 30.3 Å². The standard InChI is InChI=1S/C17H24N4O4S/c1-14(16(22)19-17(23)18-2)20-9-11-21(12-10-20)26(24,25)13-8-15-6-4-3-5-7-15/h3-8,13-14H,9-12H2,1-2H3,(H2,18,19,22,23)/b13-8+/t14-/m1/s1. The molecule has 2 N–H and O–H groups in total. The monoisotopic (exact) mass is 380 g/mol. The normalized spacial score (nSPS) is 17.8. The number of carbonyl (C=O) groups excluding carboxylic acids is 2. The number of rotatable bonds is 5. The van der Waals surface area contributed by atoms with Crippen molar-refractivity contribution in [1.29, 1.82) is 0 Å². The third kappa shape index (κ3) is 5.38. The van der Waals surface area contributed by atoms with Gasteiger partial charge in [-0.15, -0.1) is 0 Å². The molecule has 1 aliphatic rings. The van der Waals surface area contributed by atoms with Gasteiger partial charge >= 0.3 is 6.03 Å². The summed E-state index contributed by atoms with van der Waals surface area (Å²) in [5, 5.41) is 5.76. The Bertz CT molecular complexity index is 756.